The third-order valence-corrected chi connectivity index (χ3v) is 4.81. The first-order chi connectivity index (χ1) is 15.2. The number of aryl methyl sites for hydroxylation is 1. The number of morpholine rings is 1. The number of benzene rings is 2. The number of nitrogens with one attached hydrogen (secondary N) is 2. The van der Waals surface area contributed by atoms with Crippen LogP contribution in [0.2, 0.25) is 0 Å². The van der Waals surface area contributed by atoms with E-state index >= 15 is 0 Å². The highest BCUT2D eigenvalue weighted by Gasteiger charge is 2.14. The molecule has 1 saturated heterocycles. The summed E-state index contributed by atoms with van der Waals surface area (Å²) in [7, 11) is 0. The maximum absolute atomic E-state index is 12.1. The minimum absolute atomic E-state index is 0.179. The number of aromatic nitrogens is 2. The lowest BCUT2D eigenvalue weighted by atomic mass is 10.2. The van der Waals surface area contributed by atoms with Gasteiger partial charge in [0, 0.05) is 42.3 Å². The Morgan fingerprint density at radius 3 is 2.45 bits per heavy atom. The standard InChI is InChI=1S/C24H25N5O2/c1-18-17-22(29-13-15-31-16-14-29)28-24(25-18)27-21-10-8-20(9-11-21)26-23(30)12-7-19-5-3-2-4-6-19/h2-12,17H,13-16H2,1H3,(H,26,30)(H,25,27,28)/b12-7+. The van der Waals surface area contributed by atoms with E-state index in [1.807, 2.05) is 67.6 Å². The van der Waals surface area contributed by atoms with Crippen LogP contribution in [-0.4, -0.2) is 42.2 Å². The number of rotatable bonds is 6. The van der Waals surface area contributed by atoms with Gasteiger partial charge in [0.05, 0.1) is 13.2 Å². The van der Waals surface area contributed by atoms with Gasteiger partial charge >= 0.3 is 0 Å². The Bertz CT molecular complexity index is 1050. The Hall–Kier alpha value is -3.71. The van der Waals surface area contributed by atoms with Crippen molar-refractivity contribution >= 4 is 35.1 Å². The van der Waals surface area contributed by atoms with Crippen LogP contribution in [0.5, 0.6) is 0 Å². The Balaban J connectivity index is 1.38. The van der Waals surface area contributed by atoms with Crippen molar-refractivity contribution in [1.29, 1.82) is 0 Å². The quantitative estimate of drug-likeness (QED) is 0.592. The van der Waals surface area contributed by atoms with Gasteiger partial charge in [0.1, 0.15) is 5.82 Å². The maximum Gasteiger partial charge on any atom is 0.248 e. The summed E-state index contributed by atoms with van der Waals surface area (Å²) in [5.74, 6) is 1.26. The Morgan fingerprint density at radius 1 is 1.00 bits per heavy atom. The van der Waals surface area contributed by atoms with Crippen LogP contribution >= 0.6 is 0 Å². The maximum atomic E-state index is 12.1. The van der Waals surface area contributed by atoms with Crippen LogP contribution in [0.3, 0.4) is 0 Å². The van der Waals surface area contributed by atoms with Crippen molar-refractivity contribution in [2.24, 2.45) is 0 Å². The molecule has 2 aromatic carbocycles. The average molecular weight is 415 g/mol. The van der Waals surface area contributed by atoms with Gasteiger partial charge in [-0.15, -0.1) is 0 Å². The molecule has 2 N–H and O–H groups in total. The minimum Gasteiger partial charge on any atom is -0.378 e. The fraction of sp³-hybridized carbons (Fsp3) is 0.208. The number of carbonyl (C=O) groups excluding carboxylic acids is 1. The lowest BCUT2D eigenvalue weighted by Crippen LogP contribution is -2.36. The zero-order valence-electron chi connectivity index (χ0n) is 17.4. The van der Waals surface area contributed by atoms with Crippen molar-refractivity contribution in [3.05, 3.63) is 78.0 Å². The van der Waals surface area contributed by atoms with Crippen molar-refractivity contribution in [3.63, 3.8) is 0 Å². The normalized spacial score (nSPS) is 13.9. The van der Waals surface area contributed by atoms with Crippen molar-refractivity contribution in [2.75, 3.05) is 41.8 Å². The second-order valence-electron chi connectivity index (χ2n) is 7.23. The predicted molar refractivity (Wildman–Crippen MR) is 124 cm³/mol. The van der Waals surface area contributed by atoms with E-state index in [1.54, 1.807) is 6.08 Å². The molecule has 2 heterocycles. The third-order valence-electron chi connectivity index (χ3n) is 4.81. The van der Waals surface area contributed by atoms with Gasteiger partial charge in [-0.3, -0.25) is 4.79 Å². The van der Waals surface area contributed by atoms with E-state index < -0.39 is 0 Å². The van der Waals surface area contributed by atoms with Gasteiger partial charge < -0.3 is 20.3 Å². The fourth-order valence-electron chi connectivity index (χ4n) is 3.25. The molecular weight excluding hydrogens is 390 g/mol. The van der Waals surface area contributed by atoms with Gasteiger partial charge in [0.25, 0.3) is 0 Å². The predicted octanol–water partition coefficient (Wildman–Crippen LogP) is 4.02. The summed E-state index contributed by atoms with van der Waals surface area (Å²) < 4.78 is 5.42. The molecule has 1 aromatic heterocycles. The molecule has 0 radical (unpaired) electrons. The van der Waals surface area contributed by atoms with E-state index in [4.69, 9.17) is 4.74 Å². The summed E-state index contributed by atoms with van der Waals surface area (Å²) in [5, 5.41) is 6.11. The zero-order valence-corrected chi connectivity index (χ0v) is 17.4. The molecule has 4 rings (SSSR count). The number of hydrogen-bond donors (Lipinski definition) is 2. The van der Waals surface area contributed by atoms with Gasteiger partial charge in [-0.2, -0.15) is 4.98 Å². The van der Waals surface area contributed by atoms with Crippen LogP contribution in [0, 0.1) is 6.92 Å². The molecule has 158 valence electrons. The highest BCUT2D eigenvalue weighted by molar-refractivity contribution is 6.02. The summed E-state index contributed by atoms with van der Waals surface area (Å²) in [6, 6.07) is 19.1. The van der Waals surface area contributed by atoms with Crippen molar-refractivity contribution in [3.8, 4) is 0 Å². The molecule has 0 unspecified atom stereocenters. The van der Waals surface area contributed by atoms with Crippen molar-refractivity contribution in [2.45, 2.75) is 6.92 Å². The van der Waals surface area contributed by atoms with Crippen LogP contribution in [0.4, 0.5) is 23.1 Å². The van der Waals surface area contributed by atoms with Crippen LogP contribution in [0.15, 0.2) is 66.7 Å². The first-order valence-corrected chi connectivity index (χ1v) is 10.3. The van der Waals surface area contributed by atoms with Crippen LogP contribution in [-0.2, 0) is 9.53 Å². The second-order valence-corrected chi connectivity index (χ2v) is 7.23. The molecule has 3 aromatic rings. The number of ether oxygens (including phenoxy) is 1. The van der Waals surface area contributed by atoms with E-state index in [0.717, 1.165) is 35.9 Å². The molecule has 0 atom stereocenters. The summed E-state index contributed by atoms with van der Waals surface area (Å²) >= 11 is 0. The molecular formula is C24H25N5O2. The average Bonchev–Trinajstić information content (AvgIpc) is 2.80. The highest BCUT2D eigenvalue weighted by atomic mass is 16.5. The Labute approximate surface area is 181 Å². The van der Waals surface area contributed by atoms with E-state index in [2.05, 4.69) is 25.5 Å². The van der Waals surface area contributed by atoms with E-state index in [1.165, 1.54) is 6.08 Å². The minimum atomic E-state index is -0.179. The van der Waals surface area contributed by atoms with Gasteiger partial charge in [0.2, 0.25) is 11.9 Å². The highest BCUT2D eigenvalue weighted by Crippen LogP contribution is 2.20. The molecule has 0 spiro atoms. The molecule has 0 aliphatic carbocycles. The smallest absolute Gasteiger partial charge is 0.248 e. The molecule has 31 heavy (non-hydrogen) atoms. The number of hydrogen-bond acceptors (Lipinski definition) is 6. The molecule has 7 nitrogen and oxygen atoms in total. The first-order valence-electron chi connectivity index (χ1n) is 10.3. The molecule has 1 aliphatic rings. The molecule has 7 heteroatoms. The van der Waals surface area contributed by atoms with Gasteiger partial charge in [0.15, 0.2) is 0 Å². The second kappa shape index (κ2) is 9.86. The van der Waals surface area contributed by atoms with Crippen molar-refractivity contribution < 1.29 is 9.53 Å². The lowest BCUT2D eigenvalue weighted by molar-refractivity contribution is -0.111. The summed E-state index contributed by atoms with van der Waals surface area (Å²) in [6.07, 6.45) is 3.31. The molecule has 1 fully saturated rings. The van der Waals surface area contributed by atoms with Gasteiger partial charge in [-0.25, -0.2) is 4.98 Å². The fourth-order valence-corrected chi connectivity index (χ4v) is 3.25. The Kier molecular flexibility index (Phi) is 6.54. The zero-order chi connectivity index (χ0) is 21.5. The van der Waals surface area contributed by atoms with Crippen LogP contribution < -0.4 is 15.5 Å². The third kappa shape index (κ3) is 5.90. The topological polar surface area (TPSA) is 79.4 Å². The first kappa shape index (κ1) is 20.6. The molecule has 1 aliphatic heterocycles. The molecule has 0 bridgehead atoms. The number of anilines is 4. The van der Waals surface area contributed by atoms with E-state index in [-0.39, 0.29) is 5.91 Å². The number of nitrogens with zero attached hydrogens (tertiary/aromatic N) is 3. The summed E-state index contributed by atoms with van der Waals surface area (Å²) in [5.41, 5.74) is 3.43. The SMILES string of the molecule is Cc1cc(N2CCOCC2)nc(Nc2ccc(NC(=O)/C=C/c3ccccc3)cc2)n1. The van der Waals surface area contributed by atoms with E-state index in [0.29, 0.717) is 24.8 Å². The molecule has 0 saturated carbocycles. The van der Waals surface area contributed by atoms with Gasteiger partial charge in [-0.05, 0) is 42.8 Å². The number of amides is 1. The van der Waals surface area contributed by atoms with Crippen LogP contribution in [0.1, 0.15) is 11.3 Å². The molecule has 1 amide bonds. The van der Waals surface area contributed by atoms with Crippen molar-refractivity contribution in [1.82, 2.24) is 9.97 Å². The lowest BCUT2D eigenvalue weighted by Gasteiger charge is -2.28. The monoisotopic (exact) mass is 415 g/mol. The van der Waals surface area contributed by atoms with Gasteiger partial charge in [-0.1, -0.05) is 30.3 Å². The van der Waals surface area contributed by atoms with Crippen LogP contribution in [0.25, 0.3) is 6.08 Å². The largest absolute Gasteiger partial charge is 0.378 e. The summed E-state index contributed by atoms with van der Waals surface area (Å²) in [4.78, 5) is 23.5. The van der Waals surface area contributed by atoms with E-state index in [9.17, 15) is 4.79 Å². The number of carbonyl (C=O) groups is 1. The summed E-state index contributed by atoms with van der Waals surface area (Å²) in [6.45, 7) is 5.02. The Morgan fingerprint density at radius 2 is 1.71 bits per heavy atom.